The van der Waals surface area contributed by atoms with E-state index in [9.17, 15) is 40.5 Å². The number of rotatable bonds is 9. The molecule has 10 atom stereocenters. The van der Waals surface area contributed by atoms with Gasteiger partial charge in [0.25, 0.3) is 0 Å². The number of nitrogens with zero attached hydrogens (tertiary/aromatic N) is 1. The molecule has 2 aliphatic rings. The number of amides is 2. The van der Waals surface area contributed by atoms with Crippen molar-refractivity contribution >= 4 is 17.6 Å². The van der Waals surface area contributed by atoms with Crippen molar-refractivity contribution in [3.05, 3.63) is 0 Å². The summed E-state index contributed by atoms with van der Waals surface area (Å²) in [6, 6.07) is -0.592. The van der Waals surface area contributed by atoms with E-state index < -0.39 is 80.6 Å². The van der Waals surface area contributed by atoms with Crippen molar-refractivity contribution in [1.82, 2.24) is 10.2 Å². The van der Waals surface area contributed by atoms with Crippen LogP contribution in [0, 0.1) is 5.92 Å². The van der Waals surface area contributed by atoms with Gasteiger partial charge in [-0.2, -0.15) is 0 Å². The van der Waals surface area contributed by atoms with Gasteiger partial charge in [-0.05, 0) is 5.92 Å². The predicted octanol–water partition coefficient (Wildman–Crippen LogP) is -3.48. The highest BCUT2D eigenvalue weighted by atomic mass is 35.5. The number of hydrogen-bond donors (Lipinski definition) is 8. The Labute approximate surface area is 196 Å². The molecule has 2 saturated heterocycles. The van der Waals surface area contributed by atoms with Gasteiger partial charge in [-0.25, -0.2) is 4.79 Å². The van der Waals surface area contributed by atoms with Crippen LogP contribution in [0.25, 0.3) is 0 Å². The number of urea groups is 1. The fraction of sp³-hybridized carbons (Fsp3) is 0.947. The van der Waals surface area contributed by atoms with Gasteiger partial charge in [-0.1, -0.05) is 13.8 Å². The topological polar surface area (TPSA) is 202 Å². The summed E-state index contributed by atoms with van der Waals surface area (Å²) in [6.45, 7) is 2.60. The number of carbonyl (C=O) groups excluding carboxylic acids is 1. The van der Waals surface area contributed by atoms with Gasteiger partial charge in [0.15, 0.2) is 12.5 Å². The molecule has 0 aromatic rings. The second-order valence-electron chi connectivity index (χ2n) is 8.49. The van der Waals surface area contributed by atoms with Gasteiger partial charge in [0.1, 0.15) is 48.8 Å². The number of carbonyl (C=O) groups is 1. The fourth-order valence-corrected chi connectivity index (χ4v) is 3.87. The van der Waals surface area contributed by atoms with Crippen LogP contribution in [0.4, 0.5) is 4.79 Å². The van der Waals surface area contributed by atoms with Crippen LogP contribution in [0.5, 0.6) is 0 Å². The van der Waals surface area contributed by atoms with Gasteiger partial charge in [0, 0.05) is 19.0 Å². The summed E-state index contributed by atoms with van der Waals surface area (Å²) in [5, 5.41) is 73.3. The average molecular weight is 503 g/mol. The number of halogens is 1. The summed E-state index contributed by atoms with van der Waals surface area (Å²) >= 11 is 5.62. The number of aliphatic hydroxyl groups is 7. The van der Waals surface area contributed by atoms with Crippen LogP contribution in [0.3, 0.4) is 0 Å². The number of aliphatic hydroxyl groups excluding tert-OH is 7. The van der Waals surface area contributed by atoms with Gasteiger partial charge in [-0.3, -0.25) is 4.90 Å². The molecule has 33 heavy (non-hydrogen) atoms. The van der Waals surface area contributed by atoms with Gasteiger partial charge in [0.05, 0.1) is 13.2 Å². The van der Waals surface area contributed by atoms with Crippen LogP contribution in [0.2, 0.25) is 0 Å². The average Bonchev–Trinajstić information content (AvgIpc) is 2.79. The molecule has 13 nitrogen and oxygen atoms in total. The molecular formula is C19H35ClN2O11. The van der Waals surface area contributed by atoms with Crippen molar-refractivity contribution in [1.29, 1.82) is 0 Å². The quantitative estimate of drug-likeness (QED) is 0.145. The van der Waals surface area contributed by atoms with Crippen molar-refractivity contribution < 1.29 is 54.8 Å². The van der Waals surface area contributed by atoms with Crippen molar-refractivity contribution in [3.8, 4) is 0 Å². The van der Waals surface area contributed by atoms with E-state index >= 15 is 0 Å². The van der Waals surface area contributed by atoms with Crippen LogP contribution in [-0.4, -0.2) is 140 Å². The van der Waals surface area contributed by atoms with E-state index in [4.69, 9.17) is 25.8 Å². The molecule has 2 rings (SSSR count). The highest BCUT2D eigenvalue weighted by molar-refractivity contribution is 6.18. The highest BCUT2D eigenvalue weighted by Gasteiger charge is 2.52. The third-order valence-corrected chi connectivity index (χ3v) is 5.67. The van der Waals surface area contributed by atoms with Gasteiger partial charge >= 0.3 is 6.03 Å². The Morgan fingerprint density at radius 2 is 1.61 bits per heavy atom. The Hall–Kier alpha value is -0.840. The second-order valence-corrected chi connectivity index (χ2v) is 8.87. The fourth-order valence-electron chi connectivity index (χ4n) is 3.78. The van der Waals surface area contributed by atoms with Crippen LogP contribution in [0.15, 0.2) is 0 Å². The van der Waals surface area contributed by atoms with Gasteiger partial charge < -0.3 is 55.3 Å². The lowest BCUT2D eigenvalue weighted by Crippen LogP contribution is -2.67. The van der Waals surface area contributed by atoms with E-state index in [-0.39, 0.29) is 24.9 Å². The van der Waals surface area contributed by atoms with Crippen molar-refractivity contribution in [2.75, 3.05) is 32.2 Å². The molecule has 8 N–H and O–H groups in total. The Morgan fingerprint density at radius 1 is 0.970 bits per heavy atom. The maximum atomic E-state index is 12.6. The van der Waals surface area contributed by atoms with E-state index in [0.717, 1.165) is 0 Å². The minimum absolute atomic E-state index is 0.0321. The molecule has 0 aromatic heterocycles. The molecule has 0 aliphatic carbocycles. The predicted molar refractivity (Wildman–Crippen MR) is 112 cm³/mol. The first-order valence-electron chi connectivity index (χ1n) is 10.8. The van der Waals surface area contributed by atoms with Crippen LogP contribution >= 0.6 is 11.6 Å². The standard InChI is InChI=1S/C19H35ClN2O11/c1-8(2)5-22(19(30)21-4-3-20)17-14(28)13(27)16(10(7-24)31-17)33-18-15(29)12(26)11(25)9(6-23)32-18/h8-18,23-29H,3-7H2,1-2H3,(H,21,30)/t9-,10-,11+,12+,13-,14-,15-,16-,17?,18+/m1/s1. The van der Waals surface area contributed by atoms with E-state index in [1.165, 1.54) is 4.90 Å². The maximum absolute atomic E-state index is 12.6. The summed E-state index contributed by atoms with van der Waals surface area (Å²) in [5.74, 6) is 0.127. The number of ether oxygens (including phenoxy) is 3. The molecule has 14 heteroatoms. The first-order valence-corrected chi connectivity index (χ1v) is 11.3. The highest BCUT2D eigenvalue weighted by Crippen LogP contribution is 2.30. The molecule has 0 aromatic carbocycles. The molecular weight excluding hydrogens is 468 g/mol. The molecule has 0 saturated carbocycles. The zero-order valence-electron chi connectivity index (χ0n) is 18.5. The first kappa shape index (κ1) is 28.4. The normalized spacial score (nSPS) is 39.5. The number of hydrogen-bond acceptors (Lipinski definition) is 11. The number of nitrogens with one attached hydrogen (secondary N) is 1. The Bertz CT molecular complexity index is 614. The van der Waals surface area contributed by atoms with Crippen LogP contribution < -0.4 is 5.32 Å². The van der Waals surface area contributed by atoms with Crippen molar-refractivity contribution in [3.63, 3.8) is 0 Å². The number of alkyl halides is 1. The maximum Gasteiger partial charge on any atom is 0.319 e. The third-order valence-electron chi connectivity index (χ3n) is 5.48. The Balaban J connectivity index is 2.20. The smallest absolute Gasteiger partial charge is 0.319 e. The molecule has 2 fully saturated rings. The van der Waals surface area contributed by atoms with E-state index in [0.29, 0.717) is 0 Å². The molecule has 2 heterocycles. The van der Waals surface area contributed by atoms with Gasteiger partial charge in [0.2, 0.25) is 0 Å². The lowest BCUT2D eigenvalue weighted by Gasteiger charge is -2.48. The second kappa shape index (κ2) is 12.7. The summed E-state index contributed by atoms with van der Waals surface area (Å²) in [7, 11) is 0. The summed E-state index contributed by atoms with van der Waals surface area (Å²) in [6.07, 6.45) is -15.4. The van der Waals surface area contributed by atoms with E-state index in [2.05, 4.69) is 5.32 Å². The summed E-state index contributed by atoms with van der Waals surface area (Å²) < 4.78 is 16.5. The van der Waals surface area contributed by atoms with Gasteiger partial charge in [-0.15, -0.1) is 11.6 Å². The van der Waals surface area contributed by atoms with Crippen LogP contribution in [0.1, 0.15) is 13.8 Å². The third kappa shape index (κ3) is 6.64. The summed E-state index contributed by atoms with van der Waals surface area (Å²) in [5.41, 5.74) is 0. The Morgan fingerprint density at radius 3 is 2.15 bits per heavy atom. The minimum atomic E-state index is -1.76. The minimum Gasteiger partial charge on any atom is -0.394 e. The molecule has 0 radical (unpaired) electrons. The van der Waals surface area contributed by atoms with E-state index in [1.807, 2.05) is 13.8 Å². The molecule has 2 amide bonds. The summed E-state index contributed by atoms with van der Waals surface area (Å²) in [4.78, 5) is 13.8. The molecule has 0 spiro atoms. The monoisotopic (exact) mass is 502 g/mol. The van der Waals surface area contributed by atoms with E-state index in [1.54, 1.807) is 0 Å². The first-order chi connectivity index (χ1) is 15.6. The van der Waals surface area contributed by atoms with Crippen molar-refractivity contribution in [2.45, 2.75) is 75.2 Å². The zero-order valence-corrected chi connectivity index (χ0v) is 19.2. The zero-order chi connectivity index (χ0) is 24.9. The van der Waals surface area contributed by atoms with Crippen LogP contribution in [-0.2, 0) is 14.2 Å². The molecule has 1 unspecified atom stereocenters. The molecule has 0 bridgehead atoms. The lowest BCUT2D eigenvalue weighted by atomic mass is 9.96. The lowest BCUT2D eigenvalue weighted by molar-refractivity contribution is -0.347. The SMILES string of the molecule is CC(C)CN(C(=O)NCCCl)C1O[C@H](CO)[C@@H](O[C@@H]2O[C@H](CO)[C@H](O)[C@H](O)[C@H]2O)[C@H](O)[C@H]1O. The Kier molecular flexibility index (Phi) is 11.0. The van der Waals surface area contributed by atoms with Crippen molar-refractivity contribution in [2.24, 2.45) is 5.92 Å². The molecule has 194 valence electrons. The molecule has 2 aliphatic heterocycles. The largest absolute Gasteiger partial charge is 0.394 e.